The molecule has 0 aromatic heterocycles. The second-order valence-electron chi connectivity index (χ2n) is 5.27. The van der Waals surface area contributed by atoms with Gasteiger partial charge in [0.05, 0.1) is 0 Å². The van der Waals surface area contributed by atoms with Gasteiger partial charge in [-0.3, -0.25) is 0 Å². The van der Waals surface area contributed by atoms with Gasteiger partial charge in [0, 0.05) is 28.9 Å². The summed E-state index contributed by atoms with van der Waals surface area (Å²) in [5.74, 6) is 3.38. The molecule has 1 aromatic rings. The fourth-order valence-corrected chi connectivity index (χ4v) is 3.66. The summed E-state index contributed by atoms with van der Waals surface area (Å²) in [5, 5.41) is 0. The molecule has 0 bridgehead atoms. The third-order valence-electron chi connectivity index (χ3n) is 4.24. The zero-order valence-electron chi connectivity index (χ0n) is 9.78. The van der Waals surface area contributed by atoms with E-state index in [1.807, 2.05) is 0 Å². The van der Waals surface area contributed by atoms with Crippen molar-refractivity contribution in [2.24, 2.45) is 5.73 Å². The molecule has 1 aliphatic carbocycles. The van der Waals surface area contributed by atoms with Gasteiger partial charge >= 0.3 is 0 Å². The first-order valence-electron chi connectivity index (χ1n) is 6.17. The molecule has 1 aliphatic heterocycles. The lowest BCUT2D eigenvalue weighted by Crippen LogP contribution is -2.33. The zero-order valence-corrected chi connectivity index (χ0v) is 10.6. The molecule has 1 atom stereocenters. The highest BCUT2D eigenvalue weighted by molar-refractivity contribution is 8.00. The summed E-state index contributed by atoms with van der Waals surface area (Å²) >= 11 is 2.06. The Bertz CT molecular complexity index is 391. The molecule has 2 N–H and O–H groups in total. The molecular formula is C14H19NS. The van der Waals surface area contributed by atoms with Crippen LogP contribution in [0.15, 0.2) is 24.3 Å². The molecular weight excluding hydrogens is 214 g/mol. The predicted molar refractivity (Wildman–Crippen MR) is 71.1 cm³/mol. The molecule has 1 nitrogen and oxygen atoms in total. The molecule has 1 unspecified atom stereocenters. The van der Waals surface area contributed by atoms with Crippen LogP contribution in [0.4, 0.5) is 0 Å². The van der Waals surface area contributed by atoms with Crippen molar-refractivity contribution in [3.05, 3.63) is 35.4 Å². The molecule has 2 fully saturated rings. The third-order valence-corrected chi connectivity index (χ3v) is 5.51. The molecule has 2 heteroatoms. The lowest BCUT2D eigenvalue weighted by atomic mass is 9.82. The molecule has 86 valence electrons. The molecule has 16 heavy (non-hydrogen) atoms. The Balaban J connectivity index is 2.00. The Hall–Kier alpha value is -0.470. The number of hydrogen-bond donors (Lipinski definition) is 1. The number of thioether (sulfide) groups is 1. The summed E-state index contributed by atoms with van der Waals surface area (Å²) in [4.78, 5) is 0. The van der Waals surface area contributed by atoms with E-state index in [0.29, 0.717) is 11.5 Å². The average molecular weight is 233 g/mol. The van der Waals surface area contributed by atoms with E-state index in [-0.39, 0.29) is 0 Å². The topological polar surface area (TPSA) is 26.0 Å². The maximum Gasteiger partial charge on any atom is 0.0108 e. The second-order valence-corrected chi connectivity index (χ2v) is 6.34. The number of benzene rings is 1. The fourth-order valence-electron chi connectivity index (χ4n) is 2.83. The molecule has 3 rings (SSSR count). The Morgan fingerprint density at radius 3 is 2.50 bits per heavy atom. The van der Waals surface area contributed by atoms with Crippen molar-refractivity contribution in [2.75, 3.05) is 11.5 Å². The molecule has 1 saturated heterocycles. The van der Waals surface area contributed by atoms with E-state index in [4.69, 9.17) is 5.73 Å². The van der Waals surface area contributed by atoms with Crippen molar-refractivity contribution >= 4 is 11.8 Å². The Morgan fingerprint density at radius 1 is 1.31 bits per heavy atom. The van der Waals surface area contributed by atoms with Crippen LogP contribution in [0.25, 0.3) is 0 Å². The van der Waals surface area contributed by atoms with Gasteiger partial charge in [-0.25, -0.2) is 0 Å². The maximum atomic E-state index is 6.19. The molecule has 0 radical (unpaired) electrons. The predicted octanol–water partition coefficient (Wildman–Crippen LogP) is 2.90. The van der Waals surface area contributed by atoms with Crippen molar-refractivity contribution in [1.29, 1.82) is 0 Å². The van der Waals surface area contributed by atoms with Crippen LogP contribution in [0.1, 0.15) is 36.8 Å². The summed E-state index contributed by atoms with van der Waals surface area (Å²) in [7, 11) is 0. The highest BCUT2D eigenvalue weighted by Gasteiger charge is 2.49. The van der Waals surface area contributed by atoms with Gasteiger partial charge in [-0.15, -0.1) is 0 Å². The Labute approximate surface area is 102 Å². The zero-order chi connectivity index (χ0) is 11.2. The molecule has 0 spiro atoms. The maximum absolute atomic E-state index is 6.19. The van der Waals surface area contributed by atoms with E-state index < -0.39 is 0 Å². The minimum absolute atomic E-state index is 0.293. The van der Waals surface area contributed by atoms with Crippen LogP contribution in [0, 0.1) is 0 Å². The molecule has 1 heterocycles. The van der Waals surface area contributed by atoms with Crippen LogP contribution in [-0.2, 0) is 5.41 Å². The van der Waals surface area contributed by atoms with Crippen LogP contribution >= 0.6 is 11.8 Å². The van der Waals surface area contributed by atoms with Gasteiger partial charge in [0.1, 0.15) is 0 Å². The molecule has 1 saturated carbocycles. The highest BCUT2D eigenvalue weighted by atomic mass is 32.2. The van der Waals surface area contributed by atoms with Crippen molar-refractivity contribution in [3.63, 3.8) is 0 Å². The summed E-state index contributed by atoms with van der Waals surface area (Å²) in [6.07, 6.45) is 2.56. The summed E-state index contributed by atoms with van der Waals surface area (Å²) in [6.45, 7) is 2.17. The first kappa shape index (κ1) is 10.7. The molecule has 0 amide bonds. The lowest BCUT2D eigenvalue weighted by molar-refractivity contribution is 0.548. The van der Waals surface area contributed by atoms with Crippen molar-refractivity contribution in [3.8, 4) is 0 Å². The first-order valence-corrected chi connectivity index (χ1v) is 7.32. The molecule has 2 aliphatic rings. The van der Waals surface area contributed by atoms with Gasteiger partial charge in [-0.1, -0.05) is 24.3 Å². The van der Waals surface area contributed by atoms with Crippen LogP contribution in [0.5, 0.6) is 0 Å². The van der Waals surface area contributed by atoms with Gasteiger partial charge in [-0.05, 0) is 30.9 Å². The number of rotatable bonds is 3. The lowest BCUT2D eigenvalue weighted by Gasteiger charge is -2.31. The van der Waals surface area contributed by atoms with Gasteiger partial charge < -0.3 is 5.73 Å². The Kier molecular flexibility index (Phi) is 2.52. The van der Waals surface area contributed by atoms with Gasteiger partial charge in [0.15, 0.2) is 0 Å². The van der Waals surface area contributed by atoms with E-state index in [1.165, 1.54) is 24.3 Å². The van der Waals surface area contributed by atoms with Crippen LogP contribution in [0.2, 0.25) is 0 Å². The minimum Gasteiger partial charge on any atom is -0.327 e. The normalized spacial score (nSPS) is 24.9. The number of hydrogen-bond acceptors (Lipinski definition) is 2. The SMILES string of the molecule is CC(N)C1(c2ccccc2C2CSC2)CC1. The van der Waals surface area contributed by atoms with Gasteiger partial charge in [0.25, 0.3) is 0 Å². The highest BCUT2D eigenvalue weighted by Crippen LogP contribution is 2.53. The first-order chi connectivity index (χ1) is 7.74. The standard InChI is InChI=1S/C14H19NS/c1-10(15)14(6-7-14)13-5-3-2-4-12(13)11-8-16-9-11/h2-5,10-11H,6-9,15H2,1H3. The minimum atomic E-state index is 0.293. The largest absolute Gasteiger partial charge is 0.327 e. The van der Waals surface area contributed by atoms with Crippen molar-refractivity contribution < 1.29 is 0 Å². The van der Waals surface area contributed by atoms with E-state index in [2.05, 4.69) is 43.0 Å². The van der Waals surface area contributed by atoms with Crippen LogP contribution < -0.4 is 5.73 Å². The summed E-state index contributed by atoms with van der Waals surface area (Å²) in [6, 6.07) is 9.28. The monoisotopic (exact) mass is 233 g/mol. The average Bonchev–Trinajstić information content (AvgIpc) is 2.96. The van der Waals surface area contributed by atoms with E-state index in [9.17, 15) is 0 Å². The molecule has 1 aromatic carbocycles. The Morgan fingerprint density at radius 2 is 2.00 bits per heavy atom. The van der Waals surface area contributed by atoms with E-state index in [0.717, 1.165) is 5.92 Å². The van der Waals surface area contributed by atoms with Gasteiger partial charge in [0.2, 0.25) is 0 Å². The van der Waals surface area contributed by atoms with E-state index in [1.54, 1.807) is 11.1 Å². The van der Waals surface area contributed by atoms with Crippen LogP contribution in [0.3, 0.4) is 0 Å². The van der Waals surface area contributed by atoms with Crippen molar-refractivity contribution in [1.82, 2.24) is 0 Å². The fraction of sp³-hybridized carbons (Fsp3) is 0.571. The van der Waals surface area contributed by atoms with Crippen molar-refractivity contribution in [2.45, 2.75) is 37.1 Å². The second kappa shape index (κ2) is 3.78. The quantitative estimate of drug-likeness (QED) is 0.868. The number of nitrogens with two attached hydrogens (primary N) is 1. The van der Waals surface area contributed by atoms with Crippen LogP contribution in [-0.4, -0.2) is 17.5 Å². The third kappa shape index (κ3) is 1.51. The van der Waals surface area contributed by atoms with Gasteiger partial charge in [-0.2, -0.15) is 11.8 Å². The van der Waals surface area contributed by atoms with E-state index >= 15 is 0 Å². The summed E-state index contributed by atoms with van der Waals surface area (Å²) < 4.78 is 0. The summed E-state index contributed by atoms with van der Waals surface area (Å²) in [5.41, 5.74) is 9.64. The smallest absolute Gasteiger partial charge is 0.0108 e.